The van der Waals surface area contributed by atoms with E-state index in [9.17, 15) is 0 Å². The number of nitrogens with one attached hydrogen (secondary N) is 1. The summed E-state index contributed by atoms with van der Waals surface area (Å²) in [6.45, 7) is 7.64. The van der Waals surface area contributed by atoms with E-state index in [1.54, 1.807) is 0 Å². The van der Waals surface area contributed by atoms with E-state index in [4.69, 9.17) is 4.74 Å². The van der Waals surface area contributed by atoms with Gasteiger partial charge >= 0.3 is 0 Å². The molecule has 0 bridgehead atoms. The van der Waals surface area contributed by atoms with Crippen LogP contribution in [0.3, 0.4) is 0 Å². The minimum Gasteiger partial charge on any atom is -0.374 e. The minimum atomic E-state index is 0.182. The van der Waals surface area contributed by atoms with Gasteiger partial charge in [0.15, 0.2) is 0 Å². The Labute approximate surface area is 108 Å². The third-order valence-corrected chi connectivity index (χ3v) is 3.79. The highest BCUT2D eigenvalue weighted by atomic mass is 16.5. The van der Waals surface area contributed by atoms with Crippen molar-refractivity contribution in [2.45, 2.75) is 77.2 Å². The maximum absolute atomic E-state index is 6.22. The van der Waals surface area contributed by atoms with E-state index in [0.29, 0.717) is 0 Å². The van der Waals surface area contributed by atoms with Gasteiger partial charge in [-0.05, 0) is 32.2 Å². The Morgan fingerprint density at radius 2 is 1.76 bits per heavy atom. The maximum atomic E-state index is 6.22. The van der Waals surface area contributed by atoms with Crippen molar-refractivity contribution in [3.63, 3.8) is 0 Å². The van der Waals surface area contributed by atoms with Crippen molar-refractivity contribution in [2.75, 3.05) is 19.7 Å². The molecule has 1 saturated carbocycles. The van der Waals surface area contributed by atoms with Gasteiger partial charge in [0.05, 0.1) is 5.60 Å². The lowest BCUT2D eigenvalue weighted by Gasteiger charge is -2.30. The Hall–Kier alpha value is -0.0800. The average Bonchev–Trinajstić information content (AvgIpc) is 2.79. The largest absolute Gasteiger partial charge is 0.374 e. The van der Waals surface area contributed by atoms with Gasteiger partial charge in [0.2, 0.25) is 0 Å². The first kappa shape index (κ1) is 15.0. The van der Waals surface area contributed by atoms with E-state index < -0.39 is 0 Å². The van der Waals surface area contributed by atoms with Crippen LogP contribution in [0.5, 0.6) is 0 Å². The number of unbranched alkanes of at least 4 members (excludes halogenated alkanes) is 3. The zero-order valence-corrected chi connectivity index (χ0v) is 11.9. The molecule has 0 aliphatic heterocycles. The zero-order valence-electron chi connectivity index (χ0n) is 11.9. The Kier molecular flexibility index (Phi) is 7.87. The minimum absolute atomic E-state index is 0.182. The summed E-state index contributed by atoms with van der Waals surface area (Å²) in [6, 6.07) is 0. The van der Waals surface area contributed by atoms with Crippen LogP contribution in [0.1, 0.15) is 71.6 Å². The standard InChI is InChI=1S/C15H31NO/c1-3-5-6-9-13-17-15(10-7-8-11-15)14-16-12-4-2/h16H,3-14H2,1-2H3. The summed E-state index contributed by atoms with van der Waals surface area (Å²) in [4.78, 5) is 0. The topological polar surface area (TPSA) is 21.3 Å². The molecule has 17 heavy (non-hydrogen) atoms. The first-order chi connectivity index (χ1) is 8.33. The van der Waals surface area contributed by atoms with Crippen molar-refractivity contribution in [1.29, 1.82) is 0 Å². The predicted molar refractivity (Wildman–Crippen MR) is 74.5 cm³/mol. The molecule has 0 saturated heterocycles. The third-order valence-electron chi connectivity index (χ3n) is 3.79. The van der Waals surface area contributed by atoms with Crippen molar-refractivity contribution < 1.29 is 4.74 Å². The molecule has 0 atom stereocenters. The molecular weight excluding hydrogens is 210 g/mol. The summed E-state index contributed by atoms with van der Waals surface area (Å²) >= 11 is 0. The molecule has 0 heterocycles. The fraction of sp³-hybridized carbons (Fsp3) is 1.00. The van der Waals surface area contributed by atoms with Crippen LogP contribution in [-0.4, -0.2) is 25.3 Å². The summed E-state index contributed by atoms with van der Waals surface area (Å²) in [5.74, 6) is 0. The van der Waals surface area contributed by atoms with Gasteiger partial charge in [-0.3, -0.25) is 0 Å². The van der Waals surface area contributed by atoms with Crippen LogP contribution in [0.4, 0.5) is 0 Å². The van der Waals surface area contributed by atoms with Crippen LogP contribution in [0.2, 0.25) is 0 Å². The second kappa shape index (κ2) is 8.93. The number of hydrogen-bond donors (Lipinski definition) is 1. The quantitative estimate of drug-likeness (QED) is 0.586. The van der Waals surface area contributed by atoms with Crippen LogP contribution in [-0.2, 0) is 4.74 Å². The molecule has 1 rings (SSSR count). The first-order valence-electron chi connectivity index (χ1n) is 7.67. The molecule has 0 aromatic heterocycles. The lowest BCUT2D eigenvalue weighted by Crippen LogP contribution is -2.41. The van der Waals surface area contributed by atoms with Crippen LogP contribution in [0.25, 0.3) is 0 Å². The van der Waals surface area contributed by atoms with E-state index >= 15 is 0 Å². The molecule has 0 aromatic rings. The molecule has 0 unspecified atom stereocenters. The molecule has 1 N–H and O–H groups in total. The summed E-state index contributed by atoms with van der Waals surface area (Å²) in [7, 11) is 0. The summed E-state index contributed by atoms with van der Waals surface area (Å²) in [5, 5.41) is 3.54. The molecule has 0 amide bonds. The van der Waals surface area contributed by atoms with Gasteiger partial charge in [-0.15, -0.1) is 0 Å². The average molecular weight is 241 g/mol. The predicted octanol–water partition coefficient (Wildman–Crippen LogP) is 3.90. The van der Waals surface area contributed by atoms with Gasteiger partial charge in [-0.25, -0.2) is 0 Å². The van der Waals surface area contributed by atoms with E-state index in [1.165, 1.54) is 57.8 Å². The number of rotatable bonds is 10. The normalized spacial score (nSPS) is 18.7. The molecule has 0 radical (unpaired) electrons. The second-order valence-corrected chi connectivity index (χ2v) is 5.48. The van der Waals surface area contributed by atoms with Crippen molar-refractivity contribution >= 4 is 0 Å². The highest BCUT2D eigenvalue weighted by molar-refractivity contribution is 4.88. The number of hydrogen-bond acceptors (Lipinski definition) is 2. The van der Waals surface area contributed by atoms with Gasteiger partial charge in [0, 0.05) is 13.2 Å². The van der Waals surface area contributed by atoms with Crippen molar-refractivity contribution in [3.05, 3.63) is 0 Å². The van der Waals surface area contributed by atoms with Crippen molar-refractivity contribution in [1.82, 2.24) is 5.32 Å². The molecule has 0 spiro atoms. The molecule has 1 fully saturated rings. The Balaban J connectivity index is 2.17. The van der Waals surface area contributed by atoms with Crippen molar-refractivity contribution in [2.24, 2.45) is 0 Å². The molecule has 0 aromatic carbocycles. The van der Waals surface area contributed by atoms with Gasteiger partial charge in [0.25, 0.3) is 0 Å². The first-order valence-corrected chi connectivity index (χ1v) is 7.67. The fourth-order valence-electron chi connectivity index (χ4n) is 2.70. The fourth-order valence-corrected chi connectivity index (χ4v) is 2.70. The lowest BCUT2D eigenvalue weighted by atomic mass is 10.0. The molecule has 2 nitrogen and oxygen atoms in total. The summed E-state index contributed by atoms with van der Waals surface area (Å²) in [5.41, 5.74) is 0.182. The van der Waals surface area contributed by atoms with E-state index in [2.05, 4.69) is 19.2 Å². The zero-order chi connectivity index (χ0) is 12.4. The van der Waals surface area contributed by atoms with Crippen LogP contribution in [0, 0.1) is 0 Å². The SMILES string of the molecule is CCCCCCOC1(CNCCC)CCCC1. The van der Waals surface area contributed by atoms with E-state index in [-0.39, 0.29) is 5.60 Å². The smallest absolute Gasteiger partial charge is 0.0806 e. The Bertz CT molecular complexity index is 176. The second-order valence-electron chi connectivity index (χ2n) is 5.48. The Morgan fingerprint density at radius 1 is 1.00 bits per heavy atom. The molecular formula is C15H31NO. The van der Waals surface area contributed by atoms with Crippen LogP contribution in [0.15, 0.2) is 0 Å². The van der Waals surface area contributed by atoms with Crippen LogP contribution < -0.4 is 5.32 Å². The molecule has 1 aliphatic rings. The monoisotopic (exact) mass is 241 g/mol. The molecule has 1 aliphatic carbocycles. The molecule has 102 valence electrons. The lowest BCUT2D eigenvalue weighted by molar-refractivity contribution is -0.0406. The maximum Gasteiger partial charge on any atom is 0.0806 e. The van der Waals surface area contributed by atoms with Gasteiger partial charge in [0.1, 0.15) is 0 Å². The van der Waals surface area contributed by atoms with Gasteiger partial charge in [-0.2, -0.15) is 0 Å². The van der Waals surface area contributed by atoms with Crippen molar-refractivity contribution in [3.8, 4) is 0 Å². The van der Waals surface area contributed by atoms with Gasteiger partial charge < -0.3 is 10.1 Å². The highest BCUT2D eigenvalue weighted by Gasteiger charge is 2.33. The van der Waals surface area contributed by atoms with E-state index in [1.807, 2.05) is 0 Å². The summed E-state index contributed by atoms with van der Waals surface area (Å²) in [6.07, 6.45) is 11.7. The molecule has 2 heteroatoms. The highest BCUT2D eigenvalue weighted by Crippen LogP contribution is 2.32. The summed E-state index contributed by atoms with van der Waals surface area (Å²) < 4.78 is 6.22. The number of ether oxygens (including phenoxy) is 1. The third kappa shape index (κ3) is 5.87. The van der Waals surface area contributed by atoms with E-state index in [0.717, 1.165) is 19.7 Å². The van der Waals surface area contributed by atoms with Gasteiger partial charge in [-0.1, -0.05) is 46.0 Å². The van der Waals surface area contributed by atoms with Crippen LogP contribution >= 0.6 is 0 Å². The Morgan fingerprint density at radius 3 is 2.41 bits per heavy atom.